The van der Waals surface area contributed by atoms with Crippen LogP contribution in [0.1, 0.15) is 37.5 Å². The number of para-hydroxylation sites is 1. The van der Waals surface area contributed by atoms with Gasteiger partial charge in [0.05, 0.1) is 0 Å². The van der Waals surface area contributed by atoms with E-state index in [0.29, 0.717) is 11.1 Å². The first kappa shape index (κ1) is 17.5. The van der Waals surface area contributed by atoms with Crippen molar-refractivity contribution in [2.45, 2.75) is 26.2 Å². The quantitative estimate of drug-likeness (QED) is 0.676. The summed E-state index contributed by atoms with van der Waals surface area (Å²) in [6.45, 7) is 6.51. The van der Waals surface area contributed by atoms with Crippen molar-refractivity contribution in [3.05, 3.63) is 81.8 Å². The van der Waals surface area contributed by atoms with E-state index >= 15 is 0 Å². The molecule has 0 aliphatic carbocycles. The van der Waals surface area contributed by atoms with Gasteiger partial charge >= 0.3 is 5.63 Å². The Labute approximate surface area is 152 Å². The molecule has 4 heteroatoms. The van der Waals surface area contributed by atoms with Gasteiger partial charge in [-0.15, -0.1) is 0 Å². The monoisotopic (exact) mass is 344 g/mol. The SMILES string of the molecule is CC(C)(C)c1ccc(N/C=C\c2c(C#N)c(=O)oc3ccccc23)cc1. The first-order valence-corrected chi connectivity index (χ1v) is 8.40. The minimum Gasteiger partial charge on any atom is -0.422 e. The van der Waals surface area contributed by atoms with Crippen molar-refractivity contribution in [3.63, 3.8) is 0 Å². The number of nitrogens with one attached hydrogen (secondary N) is 1. The summed E-state index contributed by atoms with van der Waals surface area (Å²) < 4.78 is 5.20. The van der Waals surface area contributed by atoms with Crippen LogP contribution >= 0.6 is 0 Å². The molecule has 1 aromatic heterocycles. The van der Waals surface area contributed by atoms with Gasteiger partial charge in [0.25, 0.3) is 0 Å². The Hall–Kier alpha value is -3.32. The van der Waals surface area contributed by atoms with Crippen LogP contribution in [0.4, 0.5) is 5.69 Å². The van der Waals surface area contributed by atoms with E-state index in [1.54, 1.807) is 24.4 Å². The zero-order valence-electron chi connectivity index (χ0n) is 15.0. The molecular weight excluding hydrogens is 324 g/mol. The van der Waals surface area contributed by atoms with E-state index in [-0.39, 0.29) is 11.0 Å². The van der Waals surface area contributed by atoms with E-state index in [9.17, 15) is 10.1 Å². The molecule has 0 aliphatic heterocycles. The molecule has 130 valence electrons. The first-order chi connectivity index (χ1) is 12.4. The molecule has 0 amide bonds. The molecule has 3 aromatic rings. The van der Waals surface area contributed by atoms with Gasteiger partial charge in [0.2, 0.25) is 0 Å². The number of fused-ring (bicyclic) bond motifs is 1. The van der Waals surface area contributed by atoms with Crippen molar-refractivity contribution < 1.29 is 4.42 Å². The molecule has 4 nitrogen and oxygen atoms in total. The van der Waals surface area contributed by atoms with Gasteiger partial charge < -0.3 is 9.73 Å². The Morgan fingerprint density at radius 3 is 2.42 bits per heavy atom. The van der Waals surface area contributed by atoms with Crippen LogP contribution in [0.2, 0.25) is 0 Å². The normalized spacial score (nSPS) is 11.6. The van der Waals surface area contributed by atoms with Gasteiger partial charge in [-0.3, -0.25) is 0 Å². The fourth-order valence-corrected chi connectivity index (χ4v) is 2.74. The first-order valence-electron chi connectivity index (χ1n) is 8.40. The second-order valence-corrected chi connectivity index (χ2v) is 7.09. The predicted octanol–water partition coefficient (Wildman–Crippen LogP) is 5.04. The fourth-order valence-electron chi connectivity index (χ4n) is 2.74. The molecule has 0 fully saturated rings. The number of benzene rings is 2. The van der Waals surface area contributed by atoms with Crippen molar-refractivity contribution in [2.75, 3.05) is 5.32 Å². The van der Waals surface area contributed by atoms with Crippen molar-refractivity contribution in [1.29, 1.82) is 5.26 Å². The highest BCUT2D eigenvalue weighted by Crippen LogP contribution is 2.24. The summed E-state index contributed by atoms with van der Waals surface area (Å²) in [7, 11) is 0. The second-order valence-electron chi connectivity index (χ2n) is 7.09. The molecule has 3 rings (SSSR count). The third-order valence-corrected chi connectivity index (χ3v) is 4.22. The van der Waals surface area contributed by atoms with E-state index in [1.165, 1.54) is 5.56 Å². The second kappa shape index (κ2) is 6.89. The Morgan fingerprint density at radius 2 is 1.77 bits per heavy atom. The summed E-state index contributed by atoms with van der Waals surface area (Å²) >= 11 is 0. The summed E-state index contributed by atoms with van der Waals surface area (Å²) in [5.41, 5.74) is 2.69. The Kier molecular flexibility index (Phi) is 4.64. The van der Waals surface area contributed by atoms with Crippen LogP contribution in [0.15, 0.2) is 63.9 Å². The molecule has 0 spiro atoms. The minimum atomic E-state index is -0.625. The summed E-state index contributed by atoms with van der Waals surface area (Å²) in [5.74, 6) is 0. The van der Waals surface area contributed by atoms with E-state index in [1.807, 2.05) is 30.3 Å². The summed E-state index contributed by atoms with van der Waals surface area (Å²) in [5, 5.41) is 13.2. The van der Waals surface area contributed by atoms with Crippen LogP contribution in [-0.4, -0.2) is 0 Å². The van der Waals surface area contributed by atoms with Crippen LogP contribution in [0, 0.1) is 11.3 Å². The van der Waals surface area contributed by atoms with Crippen molar-refractivity contribution in [3.8, 4) is 6.07 Å². The average molecular weight is 344 g/mol. The standard InChI is InChI=1S/C22H20N2O2/c1-22(2,3)15-8-10-16(11-9-15)24-13-12-17-18-6-4-5-7-20(18)26-21(25)19(17)14-23/h4-13,24H,1-3H3/b13-12-. The Balaban J connectivity index is 1.92. The third-order valence-electron chi connectivity index (χ3n) is 4.22. The van der Waals surface area contributed by atoms with Gasteiger partial charge in [-0.25, -0.2) is 4.79 Å². The molecule has 0 atom stereocenters. The Morgan fingerprint density at radius 1 is 1.08 bits per heavy atom. The van der Waals surface area contributed by atoms with Crippen molar-refractivity contribution in [1.82, 2.24) is 0 Å². The molecule has 2 aromatic carbocycles. The van der Waals surface area contributed by atoms with Crippen molar-refractivity contribution >= 4 is 22.7 Å². The smallest absolute Gasteiger partial charge is 0.354 e. The number of hydrogen-bond acceptors (Lipinski definition) is 4. The van der Waals surface area contributed by atoms with Crippen molar-refractivity contribution in [2.24, 2.45) is 0 Å². The van der Waals surface area contributed by atoms with E-state index in [0.717, 1.165) is 11.1 Å². The molecule has 0 saturated carbocycles. The highest BCUT2D eigenvalue weighted by Gasteiger charge is 2.13. The fraction of sp³-hybridized carbons (Fsp3) is 0.182. The molecule has 26 heavy (non-hydrogen) atoms. The van der Waals surface area contributed by atoms with Crippen LogP contribution in [0.3, 0.4) is 0 Å². The molecule has 0 saturated heterocycles. The molecule has 0 unspecified atom stereocenters. The third kappa shape index (κ3) is 3.52. The van der Waals surface area contributed by atoms with E-state index in [2.05, 4.69) is 38.2 Å². The van der Waals surface area contributed by atoms with E-state index < -0.39 is 5.63 Å². The largest absolute Gasteiger partial charge is 0.422 e. The zero-order chi connectivity index (χ0) is 18.7. The summed E-state index contributed by atoms with van der Waals surface area (Å²) in [4.78, 5) is 12.0. The molecule has 0 aliphatic rings. The minimum absolute atomic E-state index is 0.00447. The zero-order valence-corrected chi connectivity index (χ0v) is 15.0. The van der Waals surface area contributed by atoms with Gasteiger partial charge in [-0.1, -0.05) is 51.1 Å². The highest BCUT2D eigenvalue weighted by atomic mass is 16.4. The van der Waals surface area contributed by atoms with E-state index in [4.69, 9.17) is 4.42 Å². The Bertz CT molecular complexity index is 1060. The van der Waals surface area contributed by atoms with Crippen LogP contribution in [0.25, 0.3) is 17.0 Å². The average Bonchev–Trinajstić information content (AvgIpc) is 2.61. The lowest BCUT2D eigenvalue weighted by atomic mass is 9.87. The van der Waals surface area contributed by atoms with Gasteiger partial charge in [-0.2, -0.15) is 5.26 Å². The van der Waals surface area contributed by atoms with Crippen LogP contribution in [-0.2, 0) is 5.41 Å². The molecule has 0 radical (unpaired) electrons. The number of rotatable bonds is 3. The maximum atomic E-state index is 12.0. The molecule has 0 bridgehead atoms. The molecule has 1 N–H and O–H groups in total. The topological polar surface area (TPSA) is 66.0 Å². The molecular formula is C22H20N2O2. The number of anilines is 1. The summed E-state index contributed by atoms with van der Waals surface area (Å²) in [6, 6.07) is 17.3. The lowest BCUT2D eigenvalue weighted by molar-refractivity contribution is 0.558. The van der Waals surface area contributed by atoms with Crippen LogP contribution < -0.4 is 10.9 Å². The maximum absolute atomic E-state index is 12.0. The lowest BCUT2D eigenvalue weighted by Crippen LogP contribution is -2.10. The summed E-state index contributed by atoms with van der Waals surface area (Å²) in [6.07, 6.45) is 3.46. The van der Waals surface area contributed by atoms with Gasteiger partial charge in [0, 0.05) is 22.8 Å². The number of nitriles is 1. The number of nitrogens with zero attached hydrogens (tertiary/aromatic N) is 1. The maximum Gasteiger partial charge on any atom is 0.354 e. The predicted molar refractivity (Wildman–Crippen MR) is 105 cm³/mol. The molecule has 1 heterocycles. The van der Waals surface area contributed by atoms with Crippen LogP contribution in [0.5, 0.6) is 0 Å². The lowest BCUT2D eigenvalue weighted by Gasteiger charge is -2.19. The highest BCUT2D eigenvalue weighted by molar-refractivity contribution is 5.88. The van der Waals surface area contributed by atoms with Gasteiger partial charge in [0.15, 0.2) is 0 Å². The van der Waals surface area contributed by atoms with Gasteiger partial charge in [0.1, 0.15) is 17.2 Å². The number of hydrogen-bond donors (Lipinski definition) is 1. The van der Waals surface area contributed by atoms with Gasteiger partial charge in [-0.05, 0) is 35.3 Å².